The third kappa shape index (κ3) is 3.95. The first kappa shape index (κ1) is 21.1. The number of carbonyl (C=O) groups excluding carboxylic acids is 1. The molecule has 0 aliphatic rings. The lowest BCUT2D eigenvalue weighted by Crippen LogP contribution is -2.30. The van der Waals surface area contributed by atoms with E-state index in [9.17, 15) is 9.90 Å². The molecule has 0 bridgehead atoms. The summed E-state index contributed by atoms with van der Waals surface area (Å²) in [7, 11) is 0. The normalized spacial score (nSPS) is 13.0. The molecule has 1 unspecified atom stereocenters. The monoisotopic (exact) mass is 451 g/mol. The second-order valence-electron chi connectivity index (χ2n) is 7.24. The van der Waals surface area contributed by atoms with Crippen LogP contribution in [-0.4, -0.2) is 20.9 Å². The highest BCUT2D eigenvalue weighted by atomic mass is 35.5. The predicted molar refractivity (Wildman–Crippen MR) is 123 cm³/mol. The number of hydrogen-bond donors (Lipinski definition) is 3. The van der Waals surface area contributed by atoms with E-state index in [1.54, 1.807) is 79.9 Å². The maximum Gasteiger partial charge on any atom is 0.195 e. The van der Waals surface area contributed by atoms with Crippen molar-refractivity contribution in [2.24, 2.45) is 0 Å². The lowest BCUT2D eigenvalue weighted by molar-refractivity contribution is 0.103. The molecule has 4 N–H and O–H groups in total. The quantitative estimate of drug-likeness (QED) is 0.290. The molecule has 0 saturated heterocycles. The number of nitrogens with two attached hydrogens (primary N) is 1. The molecule has 4 aromatic rings. The van der Waals surface area contributed by atoms with Crippen LogP contribution in [0.15, 0.2) is 72.9 Å². The lowest BCUT2D eigenvalue weighted by Gasteiger charge is -2.29. The van der Waals surface area contributed by atoms with E-state index in [2.05, 4.69) is 9.97 Å². The third-order valence-electron chi connectivity index (χ3n) is 5.16. The van der Waals surface area contributed by atoms with Gasteiger partial charge in [0.15, 0.2) is 11.4 Å². The van der Waals surface area contributed by atoms with Crippen LogP contribution in [0.5, 0.6) is 0 Å². The molecule has 0 saturated carbocycles. The molecule has 0 radical (unpaired) electrons. The summed E-state index contributed by atoms with van der Waals surface area (Å²) in [5.74, 6) is 0.356. The molecule has 7 heteroatoms. The average Bonchev–Trinajstić information content (AvgIpc) is 3.20. The van der Waals surface area contributed by atoms with Gasteiger partial charge in [0.05, 0.1) is 11.9 Å². The largest absolute Gasteiger partial charge is 0.398 e. The van der Waals surface area contributed by atoms with Crippen LogP contribution in [0.4, 0.5) is 5.69 Å². The molecule has 1 heterocycles. The number of carbonyl (C=O) groups is 1. The van der Waals surface area contributed by atoms with Crippen molar-refractivity contribution in [2.75, 3.05) is 5.73 Å². The summed E-state index contributed by atoms with van der Waals surface area (Å²) in [6.07, 6.45) is 1.57. The fraction of sp³-hybridized carbons (Fsp3) is 0.0833. The van der Waals surface area contributed by atoms with Crippen LogP contribution in [-0.2, 0) is 5.60 Å². The molecule has 5 nitrogen and oxygen atoms in total. The first-order chi connectivity index (χ1) is 14.8. The average molecular weight is 452 g/mol. The van der Waals surface area contributed by atoms with Crippen molar-refractivity contribution >= 4 is 34.7 Å². The molecule has 156 valence electrons. The standard InChI is InChI=1S/C24H19Cl2N3O2/c1-14-28-13-22(29-14)24(31,16-5-8-18(25)9-6-16)17-7-10-21(27)20(12-17)23(30)15-3-2-4-19(26)11-15/h2-13,31H,27H2,1H3,(H,28,29). The van der Waals surface area contributed by atoms with Crippen LogP contribution in [0.2, 0.25) is 10.0 Å². The maximum atomic E-state index is 13.2. The van der Waals surface area contributed by atoms with Crippen molar-refractivity contribution in [3.8, 4) is 0 Å². The zero-order chi connectivity index (χ0) is 22.2. The molecule has 0 fully saturated rings. The lowest BCUT2D eigenvalue weighted by atomic mass is 9.82. The van der Waals surface area contributed by atoms with Crippen molar-refractivity contribution in [1.82, 2.24) is 9.97 Å². The van der Waals surface area contributed by atoms with Gasteiger partial charge in [0.1, 0.15) is 5.82 Å². The van der Waals surface area contributed by atoms with E-state index in [4.69, 9.17) is 28.9 Å². The van der Waals surface area contributed by atoms with Crippen molar-refractivity contribution < 1.29 is 9.90 Å². The Morgan fingerprint density at radius 3 is 2.35 bits per heavy atom. The number of benzene rings is 3. The number of imidazole rings is 1. The minimum Gasteiger partial charge on any atom is -0.398 e. The molecule has 0 aliphatic heterocycles. The summed E-state index contributed by atoms with van der Waals surface area (Å²) in [5, 5.41) is 12.9. The molecule has 31 heavy (non-hydrogen) atoms. The van der Waals surface area contributed by atoms with Gasteiger partial charge in [0, 0.05) is 26.9 Å². The Labute approximate surface area is 189 Å². The molecule has 0 aliphatic carbocycles. The zero-order valence-corrected chi connectivity index (χ0v) is 18.1. The summed E-state index contributed by atoms with van der Waals surface area (Å²) in [5.41, 5.74) is 6.98. The van der Waals surface area contributed by atoms with Gasteiger partial charge in [0.2, 0.25) is 0 Å². The summed E-state index contributed by atoms with van der Waals surface area (Å²) in [4.78, 5) is 20.5. The van der Waals surface area contributed by atoms with E-state index in [0.717, 1.165) is 0 Å². The number of rotatable bonds is 5. The van der Waals surface area contributed by atoms with Crippen LogP contribution in [0.3, 0.4) is 0 Å². The van der Waals surface area contributed by atoms with Crippen molar-refractivity contribution in [1.29, 1.82) is 0 Å². The van der Waals surface area contributed by atoms with Crippen LogP contribution >= 0.6 is 23.2 Å². The number of H-pyrrole nitrogens is 1. The van der Waals surface area contributed by atoms with Crippen LogP contribution in [0.1, 0.15) is 38.6 Å². The van der Waals surface area contributed by atoms with Gasteiger partial charge < -0.3 is 15.8 Å². The fourth-order valence-corrected chi connectivity index (χ4v) is 3.85. The van der Waals surface area contributed by atoms with Gasteiger partial charge >= 0.3 is 0 Å². The second kappa shape index (κ2) is 8.19. The third-order valence-corrected chi connectivity index (χ3v) is 5.64. The first-order valence-electron chi connectivity index (χ1n) is 9.50. The first-order valence-corrected chi connectivity index (χ1v) is 10.3. The van der Waals surface area contributed by atoms with Crippen molar-refractivity contribution in [2.45, 2.75) is 12.5 Å². The number of aromatic nitrogens is 2. The highest BCUT2D eigenvalue weighted by Gasteiger charge is 2.36. The number of aliphatic hydroxyl groups is 1. The number of aryl methyl sites for hydroxylation is 1. The second-order valence-corrected chi connectivity index (χ2v) is 8.11. The molecule has 3 aromatic carbocycles. The summed E-state index contributed by atoms with van der Waals surface area (Å²) < 4.78 is 0. The number of halogens is 2. The summed E-state index contributed by atoms with van der Waals surface area (Å²) in [6.45, 7) is 1.79. The maximum absolute atomic E-state index is 13.2. The zero-order valence-electron chi connectivity index (χ0n) is 16.6. The number of aromatic amines is 1. The minimum atomic E-state index is -1.61. The van der Waals surface area contributed by atoms with Gasteiger partial charge in [-0.25, -0.2) is 4.98 Å². The number of nitrogen functional groups attached to an aromatic ring is 1. The van der Waals surface area contributed by atoms with Crippen molar-refractivity contribution in [3.63, 3.8) is 0 Å². The molecular weight excluding hydrogens is 433 g/mol. The van der Waals surface area contributed by atoms with Crippen LogP contribution in [0.25, 0.3) is 0 Å². The van der Waals surface area contributed by atoms with E-state index in [1.165, 1.54) is 0 Å². The summed E-state index contributed by atoms with van der Waals surface area (Å²) >= 11 is 12.1. The highest BCUT2D eigenvalue weighted by Crippen LogP contribution is 2.37. The Balaban J connectivity index is 1.89. The van der Waals surface area contributed by atoms with E-state index < -0.39 is 5.60 Å². The van der Waals surface area contributed by atoms with Gasteiger partial charge in [-0.15, -0.1) is 0 Å². The SMILES string of the molecule is Cc1ncc(C(O)(c2ccc(Cl)cc2)c2ccc(N)c(C(=O)c3cccc(Cl)c3)c2)[nH]1. The van der Waals surface area contributed by atoms with E-state index in [1.807, 2.05) is 0 Å². The van der Waals surface area contributed by atoms with Gasteiger partial charge in [-0.2, -0.15) is 0 Å². The Morgan fingerprint density at radius 2 is 1.71 bits per heavy atom. The highest BCUT2D eigenvalue weighted by molar-refractivity contribution is 6.31. The Bertz CT molecular complexity index is 1270. The van der Waals surface area contributed by atoms with E-state index in [0.29, 0.717) is 43.9 Å². The molecule has 0 spiro atoms. The van der Waals surface area contributed by atoms with Crippen LogP contribution < -0.4 is 5.73 Å². The number of hydrogen-bond acceptors (Lipinski definition) is 4. The molecule has 0 amide bonds. The van der Waals surface area contributed by atoms with E-state index >= 15 is 0 Å². The number of anilines is 1. The van der Waals surface area contributed by atoms with E-state index in [-0.39, 0.29) is 11.3 Å². The molecule has 4 rings (SSSR count). The Morgan fingerprint density at radius 1 is 1.00 bits per heavy atom. The number of ketones is 1. The Hall–Kier alpha value is -3.12. The van der Waals surface area contributed by atoms with Gasteiger partial charge in [-0.3, -0.25) is 4.79 Å². The number of nitrogens with zero attached hydrogens (tertiary/aromatic N) is 1. The predicted octanol–water partition coefficient (Wildman–Crippen LogP) is 5.12. The minimum absolute atomic E-state index is 0.267. The Kier molecular flexibility index (Phi) is 5.58. The summed E-state index contributed by atoms with van der Waals surface area (Å²) in [6, 6.07) is 18.4. The molecule has 1 aromatic heterocycles. The van der Waals surface area contributed by atoms with Gasteiger partial charge in [0.25, 0.3) is 0 Å². The number of nitrogens with one attached hydrogen (secondary N) is 1. The van der Waals surface area contributed by atoms with Gasteiger partial charge in [-0.05, 0) is 54.4 Å². The smallest absolute Gasteiger partial charge is 0.195 e. The van der Waals surface area contributed by atoms with Gasteiger partial charge in [-0.1, -0.05) is 53.5 Å². The molecular formula is C24H19Cl2N3O2. The van der Waals surface area contributed by atoms with Crippen molar-refractivity contribution in [3.05, 3.63) is 117 Å². The van der Waals surface area contributed by atoms with Crippen LogP contribution in [0, 0.1) is 6.92 Å². The molecule has 1 atom stereocenters. The fourth-order valence-electron chi connectivity index (χ4n) is 3.54. The topological polar surface area (TPSA) is 92.0 Å².